The zero-order valence-electron chi connectivity index (χ0n) is 10.7. The zero-order chi connectivity index (χ0) is 13.9. The Balaban J connectivity index is 1.77. The van der Waals surface area contributed by atoms with Crippen molar-refractivity contribution in [1.82, 2.24) is 10.1 Å². The molecule has 0 amide bonds. The molecule has 2 heterocycles. The van der Waals surface area contributed by atoms with Crippen molar-refractivity contribution in [2.45, 2.75) is 18.6 Å². The summed E-state index contributed by atoms with van der Waals surface area (Å²) in [5, 5.41) is 3.88. The first-order chi connectivity index (χ1) is 9.78. The van der Waals surface area contributed by atoms with Gasteiger partial charge >= 0.3 is 0 Å². The molecule has 1 aliphatic rings. The Labute approximate surface area is 115 Å². The van der Waals surface area contributed by atoms with E-state index in [0.717, 1.165) is 0 Å². The van der Waals surface area contributed by atoms with E-state index in [1.165, 1.54) is 0 Å². The summed E-state index contributed by atoms with van der Waals surface area (Å²) in [4.78, 5) is 4.22. The van der Waals surface area contributed by atoms with Gasteiger partial charge in [-0.05, 0) is 12.1 Å². The monoisotopic (exact) mass is 271 g/mol. The van der Waals surface area contributed by atoms with Crippen molar-refractivity contribution >= 4 is 0 Å². The summed E-state index contributed by atoms with van der Waals surface area (Å²) in [5.74, 6) is 4.53. The van der Waals surface area contributed by atoms with E-state index < -0.39 is 12.1 Å². The van der Waals surface area contributed by atoms with Crippen molar-refractivity contribution in [1.29, 1.82) is 0 Å². The van der Waals surface area contributed by atoms with Gasteiger partial charge in [-0.1, -0.05) is 17.3 Å². The van der Waals surface area contributed by atoms with Gasteiger partial charge in [0.2, 0.25) is 11.7 Å². The maximum absolute atomic E-state index is 5.81. The number of para-hydroxylation sites is 2. The van der Waals surface area contributed by atoms with Crippen LogP contribution < -0.4 is 15.2 Å². The average molecular weight is 271 g/mol. The van der Waals surface area contributed by atoms with E-state index in [0.29, 0.717) is 36.2 Å². The first-order valence-electron chi connectivity index (χ1n) is 6.19. The van der Waals surface area contributed by atoms with E-state index in [1.807, 2.05) is 24.3 Å². The molecule has 2 aromatic rings. The molecule has 1 aliphatic heterocycles. The van der Waals surface area contributed by atoms with Crippen LogP contribution in [0.1, 0.15) is 30.3 Å². The van der Waals surface area contributed by atoms with Crippen LogP contribution in [0.5, 0.6) is 11.5 Å². The second-order valence-electron chi connectivity index (χ2n) is 4.37. The fourth-order valence-electron chi connectivity index (χ4n) is 1.89. The molecule has 20 heavy (non-hydrogen) atoms. The van der Waals surface area contributed by atoms with Crippen molar-refractivity contribution in [3.63, 3.8) is 0 Å². The molecule has 0 radical (unpaired) electrons. The van der Waals surface area contributed by atoms with E-state index in [4.69, 9.17) is 26.2 Å². The highest BCUT2D eigenvalue weighted by Crippen LogP contribution is 2.35. The van der Waals surface area contributed by atoms with Gasteiger partial charge in [-0.15, -0.1) is 12.3 Å². The fraction of sp³-hybridized carbons (Fsp3) is 0.286. The van der Waals surface area contributed by atoms with E-state index in [2.05, 4.69) is 16.1 Å². The molecule has 6 heteroatoms. The third-order valence-electron chi connectivity index (χ3n) is 2.91. The highest BCUT2D eigenvalue weighted by Gasteiger charge is 2.27. The van der Waals surface area contributed by atoms with Crippen molar-refractivity contribution in [3.05, 3.63) is 36.0 Å². The summed E-state index contributed by atoms with van der Waals surface area (Å²) in [6, 6.07) is 6.96. The van der Waals surface area contributed by atoms with Crippen LogP contribution in [-0.2, 0) is 0 Å². The Kier molecular flexibility index (Phi) is 3.27. The smallest absolute Gasteiger partial charge is 0.244 e. The normalized spacial score (nSPS) is 18.3. The molecule has 102 valence electrons. The lowest BCUT2D eigenvalue weighted by Gasteiger charge is -2.24. The van der Waals surface area contributed by atoms with Gasteiger partial charge in [0.05, 0.1) is 6.04 Å². The van der Waals surface area contributed by atoms with Gasteiger partial charge in [-0.2, -0.15) is 4.98 Å². The lowest BCUT2D eigenvalue weighted by Crippen LogP contribution is -2.22. The third kappa shape index (κ3) is 2.31. The second-order valence-corrected chi connectivity index (χ2v) is 4.37. The fourth-order valence-corrected chi connectivity index (χ4v) is 1.89. The number of rotatable bonds is 3. The Bertz CT molecular complexity index is 647. The van der Waals surface area contributed by atoms with Crippen LogP contribution in [0.15, 0.2) is 28.8 Å². The molecule has 0 saturated carbocycles. The van der Waals surface area contributed by atoms with Gasteiger partial charge < -0.3 is 19.7 Å². The highest BCUT2D eigenvalue weighted by molar-refractivity contribution is 5.40. The molecule has 2 N–H and O–H groups in total. The van der Waals surface area contributed by atoms with Crippen LogP contribution in [0.25, 0.3) is 0 Å². The largest absolute Gasteiger partial charge is 0.485 e. The number of nitrogens with zero attached hydrogens (tertiary/aromatic N) is 2. The van der Waals surface area contributed by atoms with Crippen LogP contribution in [0.2, 0.25) is 0 Å². The molecule has 0 spiro atoms. The van der Waals surface area contributed by atoms with Gasteiger partial charge in [-0.25, -0.2) is 0 Å². The minimum atomic E-state index is -0.460. The first-order valence-corrected chi connectivity index (χ1v) is 6.19. The highest BCUT2D eigenvalue weighted by atomic mass is 16.6. The Hall–Kier alpha value is -2.52. The van der Waals surface area contributed by atoms with Crippen LogP contribution >= 0.6 is 0 Å². The van der Waals surface area contributed by atoms with Gasteiger partial charge in [-0.3, -0.25) is 0 Å². The Morgan fingerprint density at radius 2 is 2.20 bits per heavy atom. The number of benzene rings is 1. The Morgan fingerprint density at radius 1 is 1.40 bits per heavy atom. The number of ether oxygens (including phenoxy) is 2. The predicted octanol–water partition coefficient (Wildman–Crippen LogP) is 1.61. The van der Waals surface area contributed by atoms with Crippen LogP contribution in [-0.4, -0.2) is 16.7 Å². The van der Waals surface area contributed by atoms with Gasteiger partial charge in [0.1, 0.15) is 6.61 Å². The molecule has 2 unspecified atom stereocenters. The summed E-state index contributed by atoms with van der Waals surface area (Å²) in [6.45, 7) is 0.320. The number of hydrogen-bond acceptors (Lipinski definition) is 6. The van der Waals surface area contributed by atoms with Gasteiger partial charge in [0, 0.05) is 6.42 Å². The maximum atomic E-state index is 5.81. The third-order valence-corrected chi connectivity index (χ3v) is 2.91. The SMILES string of the molecule is C#CCC(N)c1nc(C2COc3ccccc3O2)no1. The zero-order valence-corrected chi connectivity index (χ0v) is 10.7. The maximum Gasteiger partial charge on any atom is 0.244 e. The van der Waals surface area contributed by atoms with Crippen LogP contribution in [0.3, 0.4) is 0 Å². The average Bonchev–Trinajstić information content (AvgIpc) is 2.97. The molecule has 2 atom stereocenters. The molecule has 0 saturated heterocycles. The molecular weight excluding hydrogens is 258 g/mol. The molecule has 3 rings (SSSR count). The molecule has 0 bridgehead atoms. The molecule has 0 aliphatic carbocycles. The van der Waals surface area contributed by atoms with Crippen molar-refractivity contribution in [2.75, 3.05) is 6.61 Å². The van der Waals surface area contributed by atoms with E-state index >= 15 is 0 Å². The number of nitrogens with two attached hydrogens (primary N) is 1. The van der Waals surface area contributed by atoms with Crippen LogP contribution in [0.4, 0.5) is 0 Å². The summed E-state index contributed by atoms with van der Waals surface area (Å²) in [5.41, 5.74) is 5.81. The van der Waals surface area contributed by atoms with Crippen molar-refractivity contribution in [3.8, 4) is 23.8 Å². The molecular formula is C14H13N3O3. The quantitative estimate of drug-likeness (QED) is 0.854. The first kappa shape index (κ1) is 12.5. The minimum Gasteiger partial charge on any atom is -0.485 e. The summed E-state index contributed by atoms with van der Waals surface area (Å²) >= 11 is 0. The lowest BCUT2D eigenvalue weighted by molar-refractivity contribution is 0.0832. The lowest BCUT2D eigenvalue weighted by atomic mass is 10.2. The van der Waals surface area contributed by atoms with Crippen molar-refractivity contribution < 1.29 is 14.0 Å². The minimum absolute atomic E-state index is 0.306. The van der Waals surface area contributed by atoms with E-state index in [-0.39, 0.29) is 0 Å². The number of fused-ring (bicyclic) bond motifs is 1. The van der Waals surface area contributed by atoms with Gasteiger partial charge in [0.25, 0.3) is 0 Å². The standard InChI is InChI=1S/C14H13N3O3/c1-2-5-9(15)14-16-13(17-20-14)12-8-18-10-6-3-4-7-11(10)19-12/h1,3-4,6-7,9,12H,5,8,15H2. The summed E-state index contributed by atoms with van der Waals surface area (Å²) < 4.78 is 16.5. The van der Waals surface area contributed by atoms with Crippen molar-refractivity contribution in [2.24, 2.45) is 5.73 Å². The number of aromatic nitrogens is 2. The Morgan fingerprint density at radius 3 is 3.00 bits per heavy atom. The summed E-state index contributed by atoms with van der Waals surface area (Å²) in [7, 11) is 0. The second kappa shape index (κ2) is 5.23. The predicted molar refractivity (Wildman–Crippen MR) is 70.0 cm³/mol. The molecule has 1 aromatic carbocycles. The summed E-state index contributed by atoms with van der Waals surface area (Å²) in [6.07, 6.45) is 5.13. The van der Waals surface area contributed by atoms with E-state index in [9.17, 15) is 0 Å². The number of terminal acetylenes is 1. The molecule has 1 aromatic heterocycles. The van der Waals surface area contributed by atoms with E-state index in [1.54, 1.807) is 0 Å². The number of hydrogen-bond donors (Lipinski definition) is 1. The van der Waals surface area contributed by atoms with Gasteiger partial charge in [0.15, 0.2) is 17.6 Å². The topological polar surface area (TPSA) is 83.4 Å². The molecule has 0 fully saturated rings. The molecule has 6 nitrogen and oxygen atoms in total. The van der Waals surface area contributed by atoms with Crippen LogP contribution in [0, 0.1) is 12.3 Å².